The highest BCUT2D eigenvalue weighted by Gasteiger charge is 2.17. The number of amides is 1. The van der Waals surface area contributed by atoms with Crippen LogP contribution in [0.5, 0.6) is 5.75 Å². The Morgan fingerprint density at radius 3 is 2.76 bits per heavy atom. The molecule has 5 heteroatoms. The summed E-state index contributed by atoms with van der Waals surface area (Å²) in [4.78, 5) is 11.7. The fourth-order valence-electron chi connectivity index (χ4n) is 2.44. The zero-order chi connectivity index (χ0) is 15.1. The number of nitrogens with one attached hydrogen (secondary N) is 1. The zero-order valence-electron chi connectivity index (χ0n) is 12.5. The molecule has 0 heterocycles. The summed E-state index contributed by atoms with van der Waals surface area (Å²) in [6.45, 7) is 2.23. The largest absolute Gasteiger partial charge is 0.490 e. The van der Waals surface area contributed by atoms with Gasteiger partial charge in [0.25, 0.3) is 0 Å². The smallest absolute Gasteiger partial charge is 0.232 e. The van der Waals surface area contributed by atoms with Crippen LogP contribution in [0, 0.1) is 0 Å². The van der Waals surface area contributed by atoms with E-state index in [1.165, 1.54) is 12.8 Å². The van der Waals surface area contributed by atoms with E-state index in [-0.39, 0.29) is 11.7 Å². The molecular weight excluding hydrogens is 286 g/mol. The normalized spacial score (nSPS) is 16.6. The Labute approximate surface area is 128 Å². The van der Waals surface area contributed by atoms with Crippen molar-refractivity contribution in [1.82, 2.24) is 5.32 Å². The number of hydrogen-bond acceptors (Lipinski definition) is 3. The van der Waals surface area contributed by atoms with E-state index >= 15 is 0 Å². The van der Waals surface area contributed by atoms with Gasteiger partial charge in [0.05, 0.1) is 6.10 Å². The Kier molecular flexibility index (Phi) is 6.23. The van der Waals surface area contributed by atoms with Crippen molar-refractivity contribution in [1.29, 1.82) is 0 Å². The average Bonchev–Trinajstić information content (AvgIpc) is 2.99. The van der Waals surface area contributed by atoms with Crippen LogP contribution >= 0.6 is 0 Å². The molecule has 1 N–H and O–H groups in total. The van der Waals surface area contributed by atoms with Crippen molar-refractivity contribution in [3.05, 3.63) is 29.8 Å². The lowest BCUT2D eigenvalue weighted by Gasteiger charge is -2.16. The molecule has 1 amide bonds. The summed E-state index contributed by atoms with van der Waals surface area (Å²) in [7, 11) is -1.07. The Bertz CT molecular complexity index is 498. The first kappa shape index (κ1) is 16.0. The summed E-state index contributed by atoms with van der Waals surface area (Å²) in [6.07, 6.45) is 4.97. The number of hydrogen-bond donors (Lipinski definition) is 1. The lowest BCUT2D eigenvalue weighted by atomic mass is 10.2. The Balaban J connectivity index is 1.90. The molecule has 0 unspecified atom stereocenters. The highest BCUT2D eigenvalue weighted by molar-refractivity contribution is 7.85. The minimum absolute atomic E-state index is 0.0716. The molecule has 1 aromatic rings. The van der Waals surface area contributed by atoms with Crippen LogP contribution in [0.4, 0.5) is 0 Å². The topological polar surface area (TPSA) is 55.4 Å². The van der Waals surface area contributed by atoms with E-state index in [1.807, 2.05) is 31.2 Å². The maximum Gasteiger partial charge on any atom is 0.232 e. The third-order valence-electron chi connectivity index (χ3n) is 3.66. The minimum atomic E-state index is -1.07. The summed E-state index contributed by atoms with van der Waals surface area (Å²) in [5.74, 6) is 1.25. The molecule has 4 nitrogen and oxygen atoms in total. The van der Waals surface area contributed by atoms with Crippen molar-refractivity contribution < 1.29 is 13.7 Å². The Morgan fingerprint density at radius 1 is 1.33 bits per heavy atom. The molecule has 1 aromatic carbocycles. The molecular formula is C16H23NO3S. The Morgan fingerprint density at radius 2 is 2.05 bits per heavy atom. The van der Waals surface area contributed by atoms with Crippen LogP contribution in [0.2, 0.25) is 0 Å². The number of ether oxygens (including phenoxy) is 1. The van der Waals surface area contributed by atoms with Crippen molar-refractivity contribution in [3.63, 3.8) is 0 Å². The van der Waals surface area contributed by atoms with E-state index in [4.69, 9.17) is 4.74 Å². The van der Waals surface area contributed by atoms with E-state index < -0.39 is 10.8 Å². The summed E-state index contributed by atoms with van der Waals surface area (Å²) in [5, 5.41) is 2.82. The van der Waals surface area contributed by atoms with Gasteiger partial charge in [0.15, 0.2) is 0 Å². The molecule has 0 saturated heterocycles. The van der Waals surface area contributed by atoms with Gasteiger partial charge in [-0.25, -0.2) is 0 Å². The molecule has 1 saturated carbocycles. The predicted molar refractivity (Wildman–Crippen MR) is 84.7 cm³/mol. The van der Waals surface area contributed by atoms with Gasteiger partial charge in [-0.15, -0.1) is 0 Å². The minimum Gasteiger partial charge on any atom is -0.490 e. The van der Waals surface area contributed by atoms with Crippen LogP contribution in [0.1, 0.15) is 38.2 Å². The molecule has 2 rings (SSSR count). The van der Waals surface area contributed by atoms with Crippen molar-refractivity contribution in [3.8, 4) is 5.75 Å². The van der Waals surface area contributed by atoms with Gasteiger partial charge in [0, 0.05) is 28.7 Å². The lowest BCUT2D eigenvalue weighted by molar-refractivity contribution is -0.118. The van der Waals surface area contributed by atoms with Crippen molar-refractivity contribution in [2.24, 2.45) is 0 Å². The first-order valence-electron chi connectivity index (χ1n) is 7.55. The number of carbonyl (C=O) groups excluding carboxylic acids is 1. The molecule has 0 aromatic heterocycles. The molecule has 0 aliphatic heterocycles. The summed E-state index contributed by atoms with van der Waals surface area (Å²) < 4.78 is 17.4. The lowest BCUT2D eigenvalue weighted by Crippen LogP contribution is -2.28. The van der Waals surface area contributed by atoms with Gasteiger partial charge in [-0.05, 0) is 31.7 Å². The number of benzene rings is 1. The van der Waals surface area contributed by atoms with Gasteiger partial charge < -0.3 is 10.1 Å². The highest BCUT2D eigenvalue weighted by Crippen LogP contribution is 2.26. The van der Waals surface area contributed by atoms with E-state index in [0.29, 0.717) is 18.4 Å². The molecule has 1 aliphatic carbocycles. The molecule has 0 spiro atoms. The molecule has 1 fully saturated rings. The van der Waals surface area contributed by atoms with Gasteiger partial charge in [0.2, 0.25) is 5.91 Å². The number of para-hydroxylation sites is 1. The van der Waals surface area contributed by atoms with Crippen LogP contribution in [0.25, 0.3) is 0 Å². The third-order valence-corrected chi connectivity index (χ3v) is 4.89. The van der Waals surface area contributed by atoms with E-state index in [2.05, 4.69) is 5.32 Å². The van der Waals surface area contributed by atoms with Crippen molar-refractivity contribution in [2.45, 2.75) is 45.3 Å². The summed E-state index contributed by atoms with van der Waals surface area (Å²) >= 11 is 0. The van der Waals surface area contributed by atoms with E-state index in [0.717, 1.165) is 24.2 Å². The van der Waals surface area contributed by atoms with Gasteiger partial charge in [-0.3, -0.25) is 9.00 Å². The van der Waals surface area contributed by atoms with Crippen molar-refractivity contribution in [2.75, 3.05) is 11.5 Å². The van der Waals surface area contributed by atoms with Crippen LogP contribution in [0.3, 0.4) is 0 Å². The van der Waals surface area contributed by atoms with Gasteiger partial charge in [-0.1, -0.05) is 25.1 Å². The Hall–Kier alpha value is -1.36. The standard InChI is InChI=1S/C16H23NO3S/c1-2-21(19)12-16(18)17-11-13-7-3-6-10-15(13)20-14-8-4-5-9-14/h3,6-7,10,14H,2,4-5,8-9,11-12H2,1H3,(H,17,18)/t21-/m0/s1. The fraction of sp³-hybridized carbons (Fsp3) is 0.562. The van der Waals surface area contributed by atoms with E-state index in [9.17, 15) is 9.00 Å². The third kappa shape index (κ3) is 5.16. The van der Waals surface area contributed by atoms with Crippen LogP contribution in [0.15, 0.2) is 24.3 Å². The molecule has 116 valence electrons. The number of rotatable bonds is 7. The molecule has 0 bridgehead atoms. The maximum atomic E-state index is 11.7. The molecule has 1 atom stereocenters. The second-order valence-electron chi connectivity index (χ2n) is 5.28. The SMILES string of the molecule is CC[S@](=O)CC(=O)NCc1ccccc1OC1CCCC1. The van der Waals surface area contributed by atoms with Crippen LogP contribution < -0.4 is 10.1 Å². The molecule has 21 heavy (non-hydrogen) atoms. The average molecular weight is 309 g/mol. The second kappa shape index (κ2) is 8.17. The maximum absolute atomic E-state index is 11.7. The highest BCUT2D eigenvalue weighted by atomic mass is 32.2. The monoisotopic (exact) mass is 309 g/mol. The van der Waals surface area contributed by atoms with Crippen LogP contribution in [-0.2, 0) is 22.1 Å². The van der Waals surface area contributed by atoms with E-state index in [1.54, 1.807) is 0 Å². The fourth-order valence-corrected chi connectivity index (χ4v) is 3.04. The second-order valence-corrected chi connectivity index (χ2v) is 7.03. The van der Waals surface area contributed by atoms with Gasteiger partial charge in [-0.2, -0.15) is 0 Å². The number of carbonyl (C=O) groups is 1. The van der Waals surface area contributed by atoms with Crippen LogP contribution in [-0.4, -0.2) is 27.7 Å². The predicted octanol–water partition coefficient (Wildman–Crippen LogP) is 2.39. The zero-order valence-corrected chi connectivity index (χ0v) is 13.3. The van der Waals surface area contributed by atoms with Gasteiger partial charge >= 0.3 is 0 Å². The van der Waals surface area contributed by atoms with Gasteiger partial charge in [0.1, 0.15) is 11.5 Å². The summed E-state index contributed by atoms with van der Waals surface area (Å²) in [5.41, 5.74) is 0.972. The molecule has 1 aliphatic rings. The summed E-state index contributed by atoms with van der Waals surface area (Å²) in [6, 6.07) is 7.79. The quantitative estimate of drug-likeness (QED) is 0.841. The molecule has 0 radical (unpaired) electrons. The first-order chi connectivity index (χ1) is 10.2. The first-order valence-corrected chi connectivity index (χ1v) is 9.04. The van der Waals surface area contributed by atoms with Crippen molar-refractivity contribution >= 4 is 16.7 Å².